The van der Waals surface area contributed by atoms with Crippen molar-refractivity contribution in [3.05, 3.63) is 41.7 Å². The lowest BCUT2D eigenvalue weighted by Gasteiger charge is -2.14. The number of nitrogens with one attached hydrogen (secondary N) is 1. The molecule has 1 aromatic carbocycles. The van der Waals surface area contributed by atoms with Gasteiger partial charge < -0.3 is 10.1 Å². The lowest BCUT2D eigenvalue weighted by Crippen LogP contribution is -2.03. The zero-order chi connectivity index (χ0) is 15.2. The number of aromatic nitrogens is 2. The maximum Gasteiger partial charge on any atom is 0.224 e. The van der Waals surface area contributed by atoms with E-state index in [1.807, 2.05) is 6.07 Å². The average Bonchev–Trinajstić information content (AvgIpc) is 2.45. The van der Waals surface area contributed by atoms with Gasteiger partial charge in [-0.2, -0.15) is 0 Å². The summed E-state index contributed by atoms with van der Waals surface area (Å²) in [6, 6.07) is 8.11. The highest BCUT2D eigenvalue weighted by Crippen LogP contribution is 2.31. The SMILES string of the molecule is CCCNc1cc(Oc2cc(C)ccc2C(C)C)ncn1. The maximum atomic E-state index is 5.98. The Hall–Kier alpha value is -2.10. The first kappa shape index (κ1) is 15.3. The van der Waals surface area contributed by atoms with Crippen LogP contribution in [0.4, 0.5) is 5.82 Å². The van der Waals surface area contributed by atoms with E-state index in [9.17, 15) is 0 Å². The summed E-state index contributed by atoms with van der Waals surface area (Å²) in [5, 5.41) is 3.24. The van der Waals surface area contributed by atoms with Crippen LogP contribution in [0.25, 0.3) is 0 Å². The quantitative estimate of drug-likeness (QED) is 0.847. The molecule has 0 unspecified atom stereocenters. The topological polar surface area (TPSA) is 47.0 Å². The number of rotatable bonds is 6. The first-order valence-electron chi connectivity index (χ1n) is 7.44. The lowest BCUT2D eigenvalue weighted by atomic mass is 10.0. The van der Waals surface area contributed by atoms with Crippen molar-refractivity contribution in [3.63, 3.8) is 0 Å². The van der Waals surface area contributed by atoms with Gasteiger partial charge >= 0.3 is 0 Å². The van der Waals surface area contributed by atoms with Crippen LogP contribution >= 0.6 is 0 Å². The van der Waals surface area contributed by atoms with Crippen LogP contribution < -0.4 is 10.1 Å². The molecular formula is C17H23N3O. The summed E-state index contributed by atoms with van der Waals surface area (Å²) in [6.45, 7) is 9.38. The molecular weight excluding hydrogens is 262 g/mol. The molecule has 0 radical (unpaired) electrons. The third-order valence-electron chi connectivity index (χ3n) is 3.20. The van der Waals surface area contributed by atoms with Crippen molar-refractivity contribution in [2.75, 3.05) is 11.9 Å². The van der Waals surface area contributed by atoms with E-state index in [0.717, 1.165) is 24.5 Å². The number of nitrogens with zero attached hydrogens (tertiary/aromatic N) is 2. The van der Waals surface area contributed by atoms with Crippen molar-refractivity contribution >= 4 is 5.82 Å². The first-order valence-corrected chi connectivity index (χ1v) is 7.44. The van der Waals surface area contributed by atoms with Gasteiger partial charge in [-0.15, -0.1) is 0 Å². The Balaban J connectivity index is 2.23. The number of aryl methyl sites for hydroxylation is 1. The Morgan fingerprint density at radius 2 is 2.00 bits per heavy atom. The number of ether oxygens (including phenoxy) is 1. The monoisotopic (exact) mass is 285 g/mol. The van der Waals surface area contributed by atoms with E-state index in [0.29, 0.717) is 11.8 Å². The number of anilines is 1. The molecule has 0 bridgehead atoms. The van der Waals surface area contributed by atoms with E-state index in [1.165, 1.54) is 17.5 Å². The van der Waals surface area contributed by atoms with Crippen LogP contribution in [0.5, 0.6) is 11.6 Å². The van der Waals surface area contributed by atoms with Crippen molar-refractivity contribution in [1.82, 2.24) is 9.97 Å². The second kappa shape index (κ2) is 7.07. The zero-order valence-electron chi connectivity index (χ0n) is 13.2. The molecule has 21 heavy (non-hydrogen) atoms. The van der Waals surface area contributed by atoms with Crippen molar-refractivity contribution in [2.24, 2.45) is 0 Å². The van der Waals surface area contributed by atoms with Crippen molar-refractivity contribution in [3.8, 4) is 11.6 Å². The summed E-state index contributed by atoms with van der Waals surface area (Å²) in [5.41, 5.74) is 2.36. The predicted molar refractivity (Wildman–Crippen MR) is 86.2 cm³/mol. The normalized spacial score (nSPS) is 10.7. The van der Waals surface area contributed by atoms with E-state index in [4.69, 9.17) is 4.74 Å². The molecule has 112 valence electrons. The molecule has 2 rings (SSSR count). The zero-order valence-corrected chi connectivity index (χ0v) is 13.2. The van der Waals surface area contributed by atoms with Crippen LogP contribution in [0.15, 0.2) is 30.6 Å². The smallest absolute Gasteiger partial charge is 0.224 e. The molecule has 0 fully saturated rings. The van der Waals surface area contributed by atoms with E-state index in [-0.39, 0.29) is 0 Å². The minimum atomic E-state index is 0.403. The molecule has 0 spiro atoms. The van der Waals surface area contributed by atoms with E-state index in [2.05, 4.69) is 61.2 Å². The van der Waals surface area contributed by atoms with Gasteiger partial charge in [0.1, 0.15) is 17.9 Å². The summed E-state index contributed by atoms with van der Waals surface area (Å²) >= 11 is 0. The number of hydrogen-bond acceptors (Lipinski definition) is 4. The van der Waals surface area contributed by atoms with Gasteiger partial charge in [-0.3, -0.25) is 0 Å². The summed E-state index contributed by atoms with van der Waals surface area (Å²) in [4.78, 5) is 8.39. The molecule has 1 heterocycles. The third-order valence-corrected chi connectivity index (χ3v) is 3.20. The Labute approximate surface area is 126 Å². The maximum absolute atomic E-state index is 5.98. The molecule has 0 aliphatic rings. The fraction of sp³-hybridized carbons (Fsp3) is 0.412. The Kier molecular flexibility index (Phi) is 5.14. The second-order valence-electron chi connectivity index (χ2n) is 5.47. The van der Waals surface area contributed by atoms with E-state index < -0.39 is 0 Å². The van der Waals surface area contributed by atoms with Crippen LogP contribution in [0.3, 0.4) is 0 Å². The largest absolute Gasteiger partial charge is 0.439 e. The van der Waals surface area contributed by atoms with Crippen LogP contribution in [0, 0.1) is 6.92 Å². The third kappa shape index (κ3) is 4.18. The van der Waals surface area contributed by atoms with Crippen molar-refractivity contribution < 1.29 is 4.74 Å². The van der Waals surface area contributed by atoms with Gasteiger partial charge in [0, 0.05) is 12.6 Å². The van der Waals surface area contributed by atoms with Gasteiger partial charge in [-0.05, 0) is 36.5 Å². The fourth-order valence-electron chi connectivity index (χ4n) is 2.06. The van der Waals surface area contributed by atoms with Gasteiger partial charge in [0.15, 0.2) is 0 Å². The average molecular weight is 285 g/mol. The molecule has 1 aromatic heterocycles. The molecule has 0 atom stereocenters. The minimum absolute atomic E-state index is 0.403. The van der Waals surface area contributed by atoms with Crippen LogP contribution in [0.1, 0.15) is 44.2 Å². The Morgan fingerprint density at radius 1 is 1.19 bits per heavy atom. The first-order chi connectivity index (χ1) is 10.1. The second-order valence-corrected chi connectivity index (χ2v) is 5.47. The Morgan fingerprint density at radius 3 is 2.71 bits per heavy atom. The Bertz CT molecular complexity index is 596. The lowest BCUT2D eigenvalue weighted by molar-refractivity contribution is 0.453. The highest BCUT2D eigenvalue weighted by molar-refractivity contribution is 5.43. The number of benzene rings is 1. The molecule has 4 heteroatoms. The van der Waals surface area contributed by atoms with Gasteiger partial charge in [-0.25, -0.2) is 9.97 Å². The van der Waals surface area contributed by atoms with Crippen molar-refractivity contribution in [2.45, 2.75) is 40.0 Å². The van der Waals surface area contributed by atoms with Crippen molar-refractivity contribution in [1.29, 1.82) is 0 Å². The molecule has 0 aliphatic heterocycles. The number of hydrogen-bond donors (Lipinski definition) is 1. The molecule has 0 aliphatic carbocycles. The molecule has 1 N–H and O–H groups in total. The highest BCUT2D eigenvalue weighted by Gasteiger charge is 2.10. The van der Waals surface area contributed by atoms with Gasteiger partial charge in [-0.1, -0.05) is 32.9 Å². The molecule has 0 amide bonds. The molecule has 0 saturated carbocycles. The minimum Gasteiger partial charge on any atom is -0.439 e. The summed E-state index contributed by atoms with van der Waals surface area (Å²) in [6.07, 6.45) is 2.58. The molecule has 4 nitrogen and oxygen atoms in total. The van der Waals surface area contributed by atoms with Crippen LogP contribution in [-0.2, 0) is 0 Å². The van der Waals surface area contributed by atoms with Gasteiger partial charge in [0.25, 0.3) is 0 Å². The van der Waals surface area contributed by atoms with Gasteiger partial charge in [0.05, 0.1) is 0 Å². The van der Waals surface area contributed by atoms with E-state index >= 15 is 0 Å². The van der Waals surface area contributed by atoms with Crippen LogP contribution in [0.2, 0.25) is 0 Å². The fourth-order valence-corrected chi connectivity index (χ4v) is 2.06. The predicted octanol–water partition coefficient (Wildman–Crippen LogP) is 4.52. The van der Waals surface area contributed by atoms with E-state index in [1.54, 1.807) is 0 Å². The highest BCUT2D eigenvalue weighted by atomic mass is 16.5. The van der Waals surface area contributed by atoms with Gasteiger partial charge in [0.2, 0.25) is 5.88 Å². The molecule has 2 aromatic rings. The molecule has 0 saturated heterocycles. The summed E-state index contributed by atoms with van der Waals surface area (Å²) in [5.74, 6) is 2.63. The summed E-state index contributed by atoms with van der Waals surface area (Å²) in [7, 11) is 0. The standard InChI is InChI=1S/C17H23N3O/c1-5-8-18-16-10-17(20-11-19-16)21-15-9-13(4)6-7-14(15)12(2)3/h6-7,9-12H,5,8H2,1-4H3,(H,18,19,20). The summed E-state index contributed by atoms with van der Waals surface area (Å²) < 4.78 is 5.98. The van der Waals surface area contributed by atoms with Crippen LogP contribution in [-0.4, -0.2) is 16.5 Å².